The van der Waals surface area contributed by atoms with Gasteiger partial charge in [0.25, 0.3) is 0 Å². The van der Waals surface area contributed by atoms with Crippen LogP contribution >= 0.6 is 0 Å². The highest BCUT2D eigenvalue weighted by atomic mass is 16.3. The van der Waals surface area contributed by atoms with E-state index in [0.29, 0.717) is 77.5 Å². The largest absolute Gasteiger partial charge is 0.396 e. The highest BCUT2D eigenvalue weighted by Gasteiger charge is 2.19. The summed E-state index contributed by atoms with van der Waals surface area (Å²) in [7, 11) is 0. The maximum absolute atomic E-state index is 8.66. The topological polar surface area (TPSA) is 474 Å². The van der Waals surface area contributed by atoms with Crippen molar-refractivity contribution < 1.29 is 71.5 Å². The predicted octanol–water partition coefficient (Wildman–Crippen LogP) is -4.08. The van der Waals surface area contributed by atoms with Crippen LogP contribution < -0.4 is 74.7 Å². The maximum Gasteiger partial charge on any atom is 0.0957 e. The lowest BCUT2D eigenvalue weighted by Crippen LogP contribution is -2.44. The molecule has 0 bridgehead atoms. The lowest BCUT2D eigenvalue weighted by Gasteiger charge is -2.26. The number of rotatable bonds is 28. The van der Waals surface area contributed by atoms with Crippen LogP contribution in [0, 0.1) is 29.6 Å². The summed E-state index contributed by atoms with van der Waals surface area (Å²) in [5, 5.41) is 163. The van der Waals surface area contributed by atoms with Crippen LogP contribution in [0.15, 0.2) is 0 Å². The molecule has 732 valence electrons. The van der Waals surface area contributed by atoms with Gasteiger partial charge in [0, 0.05) is 242 Å². The van der Waals surface area contributed by atoms with Crippen molar-refractivity contribution in [2.24, 2.45) is 29.6 Å². The standard InChI is InChI=1S/C8H17NO.C7H16N2O.3C7H15NO.3C6H14N2O.3C6H13NO.3C5H12N2O/c10-7-1-2-8-3-5-9-6-4-8;10-7-1-4-9-5-2-8-3-6-9;9-6-3-7-1-4-8-5-2-7;9-5-3-7-2-1-4-8-6-7;9-6-4-7-3-1-2-5-8-7;9-6-5-8-3-1-7-2-4-8;9-5-4-8-3-1-2-7-6-8;9-6-5-8-4-2-1-3-7-8;8-4-2-6-1-3-7-5-6;8-5-6-1-3-7-4-2-6;8-5-3-6-2-1-4-7-6;8-5-7-3-1-6-2-4-7;8-4-3-7-2-1-6-5-7;8-5-4-7-3-1-2-6-7/h8-10H,1-7H2;8,10H,1-7H2;3*7-9H,1-6H2;3*7,9H,1-6H2;3*6-8H,1-5H2;3*6,8H,1-5H2. The fourth-order valence-electron chi connectivity index (χ4n) is 16.0. The number of hydrogen-bond donors (Lipinski definition) is 28. The van der Waals surface area contributed by atoms with Gasteiger partial charge in [-0.05, 0) is 275 Å². The van der Waals surface area contributed by atoms with Crippen molar-refractivity contribution in [1.82, 2.24) is 109 Å². The highest BCUT2D eigenvalue weighted by Crippen LogP contribution is 2.18. The third-order valence-electron chi connectivity index (χ3n) is 23.8. The van der Waals surface area contributed by atoms with Crippen LogP contribution in [0.4, 0.5) is 0 Å². The monoisotopic (exact) mass is 1760 g/mol. The number of β-amino-alcohol motifs (C(OH)–C–C–N with tert-alkyl or cyclic N) is 5. The first-order valence-corrected chi connectivity index (χ1v) is 48.7. The Kier molecular flexibility index (Phi) is 90.3. The quantitative estimate of drug-likeness (QED) is 0.0354. The molecular formula is C87H195N21O14. The van der Waals surface area contributed by atoms with Crippen molar-refractivity contribution >= 4 is 0 Å². The molecule has 0 radical (unpaired) electrons. The van der Waals surface area contributed by atoms with Gasteiger partial charge in [-0.15, -0.1) is 0 Å². The number of aliphatic hydroxyl groups is 14. The molecule has 0 amide bonds. The van der Waals surface area contributed by atoms with E-state index in [0.717, 1.165) is 324 Å². The van der Waals surface area contributed by atoms with Crippen molar-refractivity contribution in [3.05, 3.63) is 0 Å². The third kappa shape index (κ3) is 74.3. The van der Waals surface area contributed by atoms with Gasteiger partial charge in [0.15, 0.2) is 0 Å². The van der Waals surface area contributed by atoms with Crippen molar-refractivity contribution in [3.8, 4) is 0 Å². The molecule has 0 aromatic carbocycles. The molecule has 28 N–H and O–H groups in total. The summed E-state index contributed by atoms with van der Waals surface area (Å²) in [5.41, 5.74) is 6.32. The van der Waals surface area contributed by atoms with Crippen LogP contribution in [-0.2, 0) is 0 Å². The first-order valence-electron chi connectivity index (χ1n) is 48.7. The van der Waals surface area contributed by atoms with E-state index in [-0.39, 0.29) is 33.2 Å². The number of hydrazine groups is 2. The van der Waals surface area contributed by atoms with E-state index in [1.54, 1.807) is 0 Å². The summed E-state index contributed by atoms with van der Waals surface area (Å²) in [6.07, 6.45) is 30.6. The summed E-state index contributed by atoms with van der Waals surface area (Å²) in [6.45, 7) is 46.4. The van der Waals surface area contributed by atoms with Gasteiger partial charge < -0.3 is 140 Å². The van der Waals surface area contributed by atoms with Gasteiger partial charge in [-0.1, -0.05) is 6.42 Å². The molecule has 14 saturated heterocycles. The first-order chi connectivity index (χ1) is 60.0. The Labute approximate surface area is 740 Å². The van der Waals surface area contributed by atoms with Crippen LogP contribution in [0.2, 0.25) is 0 Å². The van der Waals surface area contributed by atoms with Gasteiger partial charge in [0.05, 0.1) is 39.8 Å². The van der Waals surface area contributed by atoms with Gasteiger partial charge in [-0.25, -0.2) is 10.0 Å². The van der Waals surface area contributed by atoms with Crippen molar-refractivity contribution in [2.75, 3.05) is 355 Å². The molecular weight excluding hydrogens is 1560 g/mol. The normalized spacial score (nSPS) is 24.0. The van der Waals surface area contributed by atoms with Gasteiger partial charge in [-0.3, -0.25) is 30.5 Å². The number of nitrogens with zero attached hydrogens (tertiary/aromatic N) is 7. The summed E-state index contributed by atoms with van der Waals surface area (Å²) in [4.78, 5) is 11.0. The summed E-state index contributed by atoms with van der Waals surface area (Å²) in [6, 6.07) is 1.21. The maximum atomic E-state index is 8.66. The number of aliphatic hydroxyl groups excluding tert-OH is 14. The fraction of sp³-hybridized carbons (Fsp3) is 1.00. The van der Waals surface area contributed by atoms with Crippen LogP contribution in [-0.4, -0.2) is 473 Å². The van der Waals surface area contributed by atoms with Crippen molar-refractivity contribution in [3.63, 3.8) is 0 Å². The molecule has 35 heteroatoms. The predicted molar refractivity (Wildman–Crippen MR) is 496 cm³/mol. The third-order valence-corrected chi connectivity index (χ3v) is 23.8. The van der Waals surface area contributed by atoms with Crippen molar-refractivity contribution in [1.29, 1.82) is 0 Å². The molecule has 14 aliphatic heterocycles. The first kappa shape index (κ1) is 119. The molecule has 0 aromatic rings. The summed E-state index contributed by atoms with van der Waals surface area (Å²) in [5.74, 6) is 3.74. The van der Waals surface area contributed by atoms with E-state index in [4.69, 9.17) is 71.5 Å². The Balaban J connectivity index is 0.000000657. The second kappa shape index (κ2) is 92.9. The summed E-state index contributed by atoms with van der Waals surface area (Å²) < 4.78 is 0. The Hall–Kier alpha value is -1.40. The molecule has 14 fully saturated rings. The second-order valence-electron chi connectivity index (χ2n) is 33.8. The molecule has 4 unspecified atom stereocenters. The molecule has 4 atom stereocenters. The number of hydrogen-bond acceptors (Lipinski definition) is 35. The highest BCUT2D eigenvalue weighted by molar-refractivity contribution is 4.77. The summed E-state index contributed by atoms with van der Waals surface area (Å²) >= 11 is 0. The average Bonchev–Trinajstić information content (AvgIpc) is 1.82. The number of nitrogens with one attached hydrogen (secondary N) is 14. The van der Waals surface area contributed by atoms with Gasteiger partial charge in [0.2, 0.25) is 0 Å². The number of piperidine rings is 5. The molecule has 14 rings (SSSR count). The second-order valence-corrected chi connectivity index (χ2v) is 33.8. The minimum Gasteiger partial charge on any atom is -0.396 e. The van der Waals surface area contributed by atoms with E-state index in [9.17, 15) is 0 Å². The van der Waals surface area contributed by atoms with Crippen LogP contribution in [0.1, 0.15) is 167 Å². The van der Waals surface area contributed by atoms with Gasteiger partial charge >= 0.3 is 0 Å². The molecule has 0 saturated carbocycles. The Morgan fingerprint density at radius 3 is 0.959 bits per heavy atom. The van der Waals surface area contributed by atoms with Crippen LogP contribution in [0.25, 0.3) is 0 Å². The molecule has 0 spiro atoms. The average molecular weight is 1760 g/mol. The molecule has 35 nitrogen and oxygen atoms in total. The minimum absolute atomic E-state index is 0.210. The zero-order chi connectivity index (χ0) is 88.6. The van der Waals surface area contributed by atoms with Gasteiger partial charge in [0.1, 0.15) is 0 Å². The lowest BCUT2D eigenvalue weighted by atomic mass is 9.93. The van der Waals surface area contributed by atoms with E-state index in [1.165, 1.54) is 129 Å². The SMILES string of the molecule is OCC1CCNCC1.OCCC1CCCCN1.OCCC1CCCN1.OCCC1CCCNC1.OCCC1CCNC1.OCCC1CCNCC1.OCCCC1CCNCC1.OCCCN1CCNCC1.OCCN1CCCCN1.OCCN1CCCN1.OCCN1CCCNC1.OCCN1CCNC1.OCCN1CCNCC1.OCN1CCNCC1. The smallest absolute Gasteiger partial charge is 0.0957 e. The fourth-order valence-corrected chi connectivity index (χ4v) is 16.0. The van der Waals surface area contributed by atoms with Crippen LogP contribution in [0.5, 0.6) is 0 Å². The molecule has 0 aliphatic carbocycles. The molecule has 14 aliphatic rings. The van der Waals surface area contributed by atoms with Crippen molar-refractivity contribution in [2.45, 2.75) is 179 Å². The zero-order valence-electron chi connectivity index (χ0n) is 77.0. The Morgan fingerprint density at radius 1 is 0.213 bits per heavy atom. The van der Waals surface area contributed by atoms with E-state index < -0.39 is 0 Å². The van der Waals surface area contributed by atoms with E-state index in [1.807, 2.05) is 9.91 Å². The Bertz CT molecular complexity index is 1700. The van der Waals surface area contributed by atoms with E-state index >= 15 is 0 Å². The minimum atomic E-state index is 0.210. The van der Waals surface area contributed by atoms with Gasteiger partial charge in [-0.2, -0.15) is 0 Å². The zero-order valence-corrected chi connectivity index (χ0v) is 77.0. The number of piperazine rings is 3. The molecule has 14 heterocycles. The van der Waals surface area contributed by atoms with E-state index in [2.05, 4.69) is 99.3 Å². The lowest BCUT2D eigenvalue weighted by molar-refractivity contribution is 0.0956. The Morgan fingerprint density at radius 2 is 0.574 bits per heavy atom. The molecule has 122 heavy (non-hydrogen) atoms. The van der Waals surface area contributed by atoms with Crippen LogP contribution in [0.3, 0.4) is 0 Å². The molecule has 0 aromatic heterocycles.